The number of aromatic nitrogens is 2. The van der Waals surface area contributed by atoms with Crippen LogP contribution in [0.2, 0.25) is 0 Å². The van der Waals surface area contributed by atoms with Gasteiger partial charge in [-0.25, -0.2) is 0 Å². The summed E-state index contributed by atoms with van der Waals surface area (Å²) in [5.74, 6) is 1.58. The van der Waals surface area contributed by atoms with Crippen LogP contribution >= 0.6 is 0 Å². The Morgan fingerprint density at radius 3 is 2.45 bits per heavy atom. The Balaban J connectivity index is 2.49. The first-order chi connectivity index (χ1) is 9.60. The molecule has 1 heterocycles. The molecular weight excluding hydrogens is 254 g/mol. The molecule has 0 bridgehead atoms. The SMILES string of the molecule is CNC(c1ccc(OC)cc1OC)c1cn(C)nc1C. The molecule has 1 aromatic heterocycles. The second kappa shape index (κ2) is 5.96. The van der Waals surface area contributed by atoms with Gasteiger partial charge < -0.3 is 14.8 Å². The Bertz CT molecular complexity index is 593. The van der Waals surface area contributed by atoms with Crippen molar-refractivity contribution in [1.29, 1.82) is 0 Å². The molecule has 0 saturated carbocycles. The summed E-state index contributed by atoms with van der Waals surface area (Å²) in [4.78, 5) is 0. The molecule has 0 spiro atoms. The quantitative estimate of drug-likeness (QED) is 0.907. The van der Waals surface area contributed by atoms with E-state index >= 15 is 0 Å². The van der Waals surface area contributed by atoms with E-state index in [9.17, 15) is 0 Å². The minimum atomic E-state index is 0.0320. The van der Waals surface area contributed by atoms with Crippen LogP contribution in [0, 0.1) is 6.92 Å². The lowest BCUT2D eigenvalue weighted by atomic mass is 9.98. The van der Waals surface area contributed by atoms with Gasteiger partial charge in [-0.1, -0.05) is 0 Å². The highest BCUT2D eigenvalue weighted by molar-refractivity contribution is 5.46. The van der Waals surface area contributed by atoms with E-state index in [1.165, 1.54) is 0 Å². The fourth-order valence-corrected chi connectivity index (χ4v) is 2.44. The van der Waals surface area contributed by atoms with Crippen molar-refractivity contribution in [3.8, 4) is 11.5 Å². The molecule has 2 rings (SSSR count). The van der Waals surface area contributed by atoms with Crippen LogP contribution < -0.4 is 14.8 Å². The maximum absolute atomic E-state index is 5.49. The van der Waals surface area contributed by atoms with E-state index in [2.05, 4.69) is 10.4 Å². The van der Waals surface area contributed by atoms with E-state index in [0.717, 1.165) is 28.3 Å². The van der Waals surface area contributed by atoms with Gasteiger partial charge in [-0.3, -0.25) is 4.68 Å². The Morgan fingerprint density at radius 2 is 1.95 bits per heavy atom. The third kappa shape index (κ3) is 2.63. The van der Waals surface area contributed by atoms with E-state index in [1.807, 2.05) is 50.1 Å². The van der Waals surface area contributed by atoms with Crippen molar-refractivity contribution < 1.29 is 9.47 Å². The van der Waals surface area contributed by atoms with Crippen molar-refractivity contribution in [3.63, 3.8) is 0 Å². The zero-order valence-electron chi connectivity index (χ0n) is 12.6. The molecule has 1 aromatic carbocycles. The van der Waals surface area contributed by atoms with Gasteiger partial charge in [-0.05, 0) is 26.1 Å². The van der Waals surface area contributed by atoms with Crippen molar-refractivity contribution in [2.24, 2.45) is 7.05 Å². The van der Waals surface area contributed by atoms with Crippen LogP contribution in [0.4, 0.5) is 0 Å². The minimum absolute atomic E-state index is 0.0320. The zero-order chi connectivity index (χ0) is 14.7. The first kappa shape index (κ1) is 14.4. The van der Waals surface area contributed by atoms with Crippen molar-refractivity contribution in [1.82, 2.24) is 15.1 Å². The summed E-state index contributed by atoms with van der Waals surface area (Å²) in [6.07, 6.45) is 2.03. The van der Waals surface area contributed by atoms with E-state index in [1.54, 1.807) is 14.2 Å². The van der Waals surface area contributed by atoms with E-state index < -0.39 is 0 Å². The Morgan fingerprint density at radius 1 is 1.20 bits per heavy atom. The Kier molecular flexibility index (Phi) is 4.29. The number of nitrogens with one attached hydrogen (secondary N) is 1. The second-order valence-electron chi connectivity index (χ2n) is 4.67. The lowest BCUT2D eigenvalue weighted by Crippen LogP contribution is -2.19. The van der Waals surface area contributed by atoms with Gasteiger partial charge in [0.15, 0.2) is 0 Å². The molecule has 1 unspecified atom stereocenters. The monoisotopic (exact) mass is 275 g/mol. The molecule has 0 radical (unpaired) electrons. The molecule has 0 aliphatic rings. The highest BCUT2D eigenvalue weighted by atomic mass is 16.5. The topological polar surface area (TPSA) is 48.3 Å². The van der Waals surface area contributed by atoms with Gasteiger partial charge in [0.1, 0.15) is 11.5 Å². The normalized spacial score (nSPS) is 12.2. The maximum atomic E-state index is 5.49. The van der Waals surface area contributed by atoms with E-state index in [0.29, 0.717) is 0 Å². The van der Waals surface area contributed by atoms with Crippen LogP contribution in [0.25, 0.3) is 0 Å². The van der Waals surface area contributed by atoms with Crippen LogP contribution in [-0.2, 0) is 7.05 Å². The average Bonchev–Trinajstić information content (AvgIpc) is 2.79. The largest absolute Gasteiger partial charge is 0.497 e. The van der Waals surface area contributed by atoms with Gasteiger partial charge in [0, 0.05) is 30.4 Å². The fourth-order valence-electron chi connectivity index (χ4n) is 2.44. The molecule has 0 fully saturated rings. The van der Waals surface area contributed by atoms with Crippen molar-refractivity contribution in [2.75, 3.05) is 21.3 Å². The van der Waals surface area contributed by atoms with Crippen LogP contribution in [0.15, 0.2) is 24.4 Å². The van der Waals surface area contributed by atoms with Gasteiger partial charge in [0.05, 0.1) is 26.0 Å². The molecular formula is C15H21N3O2. The lowest BCUT2D eigenvalue weighted by molar-refractivity contribution is 0.388. The molecule has 0 saturated heterocycles. The van der Waals surface area contributed by atoms with Crippen molar-refractivity contribution >= 4 is 0 Å². The van der Waals surface area contributed by atoms with Crippen LogP contribution in [0.5, 0.6) is 11.5 Å². The summed E-state index contributed by atoms with van der Waals surface area (Å²) in [5, 5.41) is 7.73. The summed E-state index contributed by atoms with van der Waals surface area (Å²) < 4.78 is 12.6. The van der Waals surface area contributed by atoms with Crippen LogP contribution in [0.3, 0.4) is 0 Å². The Labute approximate surface area is 119 Å². The molecule has 1 atom stereocenters. The molecule has 0 aliphatic heterocycles. The average molecular weight is 275 g/mol. The number of rotatable bonds is 5. The first-order valence-corrected chi connectivity index (χ1v) is 6.50. The van der Waals surface area contributed by atoms with Crippen molar-refractivity contribution in [2.45, 2.75) is 13.0 Å². The highest BCUT2D eigenvalue weighted by Gasteiger charge is 2.20. The number of methoxy groups -OCH3 is 2. The smallest absolute Gasteiger partial charge is 0.127 e. The molecule has 2 aromatic rings. The molecule has 20 heavy (non-hydrogen) atoms. The third-order valence-electron chi connectivity index (χ3n) is 3.40. The van der Waals surface area contributed by atoms with E-state index in [4.69, 9.17) is 9.47 Å². The van der Waals surface area contributed by atoms with Gasteiger partial charge in [-0.2, -0.15) is 5.10 Å². The molecule has 5 heteroatoms. The summed E-state index contributed by atoms with van der Waals surface area (Å²) in [6.45, 7) is 2.01. The van der Waals surface area contributed by atoms with Gasteiger partial charge >= 0.3 is 0 Å². The number of ether oxygens (including phenoxy) is 2. The predicted molar refractivity (Wildman–Crippen MR) is 78.4 cm³/mol. The zero-order valence-corrected chi connectivity index (χ0v) is 12.6. The number of hydrogen-bond acceptors (Lipinski definition) is 4. The second-order valence-corrected chi connectivity index (χ2v) is 4.67. The van der Waals surface area contributed by atoms with Gasteiger partial charge in [0.2, 0.25) is 0 Å². The Hall–Kier alpha value is -2.01. The fraction of sp³-hybridized carbons (Fsp3) is 0.400. The standard InChI is InChI=1S/C15H21N3O2/c1-10-13(9-18(3)17-10)15(16-2)12-7-6-11(19-4)8-14(12)20-5/h6-9,15-16H,1-5H3. The molecule has 1 N–H and O–H groups in total. The van der Waals surface area contributed by atoms with Gasteiger partial charge in [0.25, 0.3) is 0 Å². The summed E-state index contributed by atoms with van der Waals surface area (Å²) in [6, 6.07) is 5.88. The molecule has 0 aliphatic carbocycles. The third-order valence-corrected chi connectivity index (χ3v) is 3.40. The van der Waals surface area contributed by atoms with Gasteiger partial charge in [-0.15, -0.1) is 0 Å². The van der Waals surface area contributed by atoms with E-state index in [-0.39, 0.29) is 6.04 Å². The number of benzene rings is 1. The highest BCUT2D eigenvalue weighted by Crippen LogP contribution is 2.33. The van der Waals surface area contributed by atoms with Crippen LogP contribution in [-0.4, -0.2) is 31.0 Å². The van der Waals surface area contributed by atoms with Crippen molar-refractivity contribution in [3.05, 3.63) is 41.2 Å². The first-order valence-electron chi connectivity index (χ1n) is 6.50. The number of nitrogens with zero attached hydrogens (tertiary/aromatic N) is 2. The summed E-state index contributed by atoms with van der Waals surface area (Å²) >= 11 is 0. The summed E-state index contributed by atoms with van der Waals surface area (Å²) in [5.41, 5.74) is 3.20. The number of hydrogen-bond donors (Lipinski definition) is 1. The number of aryl methyl sites for hydroxylation is 2. The lowest BCUT2D eigenvalue weighted by Gasteiger charge is -2.19. The maximum Gasteiger partial charge on any atom is 0.127 e. The minimum Gasteiger partial charge on any atom is -0.497 e. The molecule has 0 amide bonds. The molecule has 5 nitrogen and oxygen atoms in total. The molecule has 108 valence electrons. The predicted octanol–water partition coefficient (Wildman–Crippen LogP) is 2.05. The summed E-state index contributed by atoms with van der Waals surface area (Å²) in [7, 11) is 7.17. The van der Waals surface area contributed by atoms with Crippen LogP contribution in [0.1, 0.15) is 22.9 Å².